The fourth-order valence-electron chi connectivity index (χ4n) is 3.37. The summed E-state index contributed by atoms with van der Waals surface area (Å²) in [5.41, 5.74) is -0.0220. The van der Waals surface area contributed by atoms with Crippen LogP contribution in [0.25, 0.3) is 16.7 Å². The van der Waals surface area contributed by atoms with E-state index in [2.05, 4.69) is 20.4 Å². The fourth-order valence-corrected chi connectivity index (χ4v) is 3.37. The molecule has 4 rings (SSSR count). The van der Waals surface area contributed by atoms with Gasteiger partial charge in [-0.15, -0.1) is 0 Å². The monoisotopic (exact) mass is 425 g/mol. The van der Waals surface area contributed by atoms with Crippen molar-refractivity contribution in [3.8, 4) is 5.82 Å². The number of hydrogen-bond acceptors (Lipinski definition) is 4. The van der Waals surface area contributed by atoms with Crippen molar-refractivity contribution >= 4 is 22.6 Å². The van der Waals surface area contributed by atoms with E-state index >= 15 is 0 Å². The summed E-state index contributed by atoms with van der Waals surface area (Å²) in [6, 6.07) is 5.38. The molecule has 2 unspecified atom stereocenters. The number of aromatic nitrogens is 4. The van der Waals surface area contributed by atoms with Gasteiger partial charge in [0, 0.05) is 37.4 Å². The highest BCUT2D eigenvalue weighted by Crippen LogP contribution is 2.57. The van der Waals surface area contributed by atoms with Crippen molar-refractivity contribution in [2.24, 2.45) is 5.92 Å². The lowest BCUT2D eigenvalue weighted by Gasteiger charge is -2.11. The van der Waals surface area contributed by atoms with Gasteiger partial charge in [0.25, 0.3) is 5.92 Å². The molecule has 0 spiro atoms. The second-order valence-corrected chi connectivity index (χ2v) is 7.32. The van der Waals surface area contributed by atoms with Crippen LogP contribution in [0.4, 0.5) is 27.8 Å². The first-order valence-electron chi connectivity index (χ1n) is 9.04. The average molecular weight is 425 g/mol. The van der Waals surface area contributed by atoms with Crippen LogP contribution in [0.15, 0.2) is 30.5 Å². The SMILES string of the molecule is CC(=O)Nc1cc2c(cn1)c(C1CC1C(F)(F)F)nn2-c1cccc(C(C)(F)F)n1. The summed E-state index contributed by atoms with van der Waals surface area (Å²) in [5.74, 6) is -5.78. The van der Waals surface area contributed by atoms with Gasteiger partial charge in [0.1, 0.15) is 11.5 Å². The first kappa shape index (κ1) is 20.2. The number of amides is 1. The number of halogens is 5. The molecule has 158 valence electrons. The summed E-state index contributed by atoms with van der Waals surface area (Å²) in [6.45, 7) is 1.98. The van der Waals surface area contributed by atoms with Gasteiger partial charge in [-0.1, -0.05) is 6.07 Å². The van der Waals surface area contributed by atoms with Crippen LogP contribution in [0.5, 0.6) is 0 Å². The number of pyridine rings is 2. The molecule has 0 aromatic carbocycles. The number of nitrogens with zero attached hydrogens (tertiary/aromatic N) is 4. The Bertz CT molecular complexity index is 1130. The predicted octanol–water partition coefficient (Wildman–Crippen LogP) is 4.55. The number of fused-ring (bicyclic) bond motifs is 1. The van der Waals surface area contributed by atoms with Crippen molar-refractivity contribution in [3.05, 3.63) is 41.9 Å². The lowest BCUT2D eigenvalue weighted by atomic mass is 10.1. The van der Waals surface area contributed by atoms with E-state index in [1.54, 1.807) is 0 Å². The smallest absolute Gasteiger partial charge is 0.311 e. The van der Waals surface area contributed by atoms with Gasteiger partial charge in [0.2, 0.25) is 5.91 Å². The number of alkyl halides is 5. The Kier molecular flexibility index (Phi) is 4.51. The van der Waals surface area contributed by atoms with E-state index in [-0.39, 0.29) is 23.8 Å². The number of nitrogens with one attached hydrogen (secondary N) is 1. The number of carbonyl (C=O) groups excluding carboxylic acids is 1. The van der Waals surface area contributed by atoms with Gasteiger partial charge in [0.05, 0.1) is 17.1 Å². The zero-order valence-electron chi connectivity index (χ0n) is 15.8. The molecule has 1 saturated carbocycles. The molecule has 0 saturated heterocycles. The molecule has 0 bridgehead atoms. The molecule has 1 fully saturated rings. The standard InChI is InChI=1S/C19H16F5N5O/c1-9(30)26-15-7-13-11(8-25-15)17(10-6-12(10)19(22,23)24)28-29(13)16-5-3-4-14(27-16)18(2,20)21/h3-5,7-8,10,12H,6H2,1-2H3,(H,25,26,30). The molecule has 3 aromatic rings. The molecule has 1 aliphatic rings. The molecule has 2 atom stereocenters. The van der Waals surface area contributed by atoms with Crippen LogP contribution in [0.1, 0.15) is 37.6 Å². The fraction of sp³-hybridized carbons (Fsp3) is 0.368. The zero-order valence-corrected chi connectivity index (χ0v) is 15.8. The highest BCUT2D eigenvalue weighted by atomic mass is 19.4. The van der Waals surface area contributed by atoms with Crippen LogP contribution in [-0.4, -0.2) is 31.8 Å². The molecular weight excluding hydrogens is 409 g/mol. The minimum absolute atomic E-state index is 0.0226. The van der Waals surface area contributed by atoms with Gasteiger partial charge in [0.15, 0.2) is 5.82 Å². The first-order chi connectivity index (χ1) is 13.9. The van der Waals surface area contributed by atoms with Crippen LogP contribution in [0.2, 0.25) is 0 Å². The third kappa shape index (κ3) is 3.71. The molecule has 6 nitrogen and oxygen atoms in total. The maximum atomic E-state index is 13.7. The molecule has 30 heavy (non-hydrogen) atoms. The van der Waals surface area contributed by atoms with Crippen LogP contribution in [-0.2, 0) is 10.7 Å². The predicted molar refractivity (Wildman–Crippen MR) is 97.4 cm³/mol. The van der Waals surface area contributed by atoms with Gasteiger partial charge < -0.3 is 5.32 Å². The second kappa shape index (κ2) is 6.71. The van der Waals surface area contributed by atoms with Gasteiger partial charge in [-0.3, -0.25) is 4.79 Å². The van der Waals surface area contributed by atoms with Gasteiger partial charge >= 0.3 is 6.18 Å². The highest BCUT2D eigenvalue weighted by molar-refractivity contribution is 5.91. The van der Waals surface area contributed by atoms with Crippen LogP contribution < -0.4 is 5.32 Å². The van der Waals surface area contributed by atoms with Crippen LogP contribution in [0.3, 0.4) is 0 Å². The van der Waals surface area contributed by atoms with E-state index < -0.39 is 35.5 Å². The van der Waals surface area contributed by atoms with Crippen molar-refractivity contribution in [1.29, 1.82) is 0 Å². The number of carbonyl (C=O) groups is 1. The molecule has 3 heterocycles. The van der Waals surface area contributed by atoms with Crippen molar-refractivity contribution in [2.45, 2.75) is 38.3 Å². The molecule has 1 amide bonds. The average Bonchev–Trinajstić information content (AvgIpc) is 3.36. The van der Waals surface area contributed by atoms with E-state index in [0.717, 1.165) is 6.07 Å². The van der Waals surface area contributed by atoms with Crippen molar-refractivity contribution < 1.29 is 26.7 Å². The molecule has 0 radical (unpaired) electrons. The van der Waals surface area contributed by atoms with Crippen molar-refractivity contribution in [3.63, 3.8) is 0 Å². The van der Waals surface area contributed by atoms with Gasteiger partial charge in [-0.2, -0.15) is 27.1 Å². The van der Waals surface area contributed by atoms with Crippen LogP contribution >= 0.6 is 0 Å². The number of rotatable bonds is 4. The van der Waals surface area contributed by atoms with E-state index in [1.807, 2.05) is 0 Å². The van der Waals surface area contributed by atoms with E-state index in [4.69, 9.17) is 0 Å². The third-order valence-electron chi connectivity index (χ3n) is 4.86. The number of hydrogen-bond donors (Lipinski definition) is 1. The maximum Gasteiger partial charge on any atom is 0.392 e. The lowest BCUT2D eigenvalue weighted by Crippen LogP contribution is -2.12. The summed E-state index contributed by atoms with van der Waals surface area (Å²) in [6.07, 6.45) is -3.14. The van der Waals surface area contributed by atoms with Crippen molar-refractivity contribution in [2.75, 3.05) is 5.32 Å². The van der Waals surface area contributed by atoms with E-state index in [1.165, 1.54) is 36.0 Å². The Labute approximate surface area is 167 Å². The molecule has 1 aliphatic carbocycles. The van der Waals surface area contributed by atoms with Gasteiger partial charge in [-0.25, -0.2) is 14.6 Å². The summed E-state index contributed by atoms with van der Waals surface area (Å²) in [4.78, 5) is 19.3. The topological polar surface area (TPSA) is 72.7 Å². The second-order valence-electron chi connectivity index (χ2n) is 7.32. The zero-order chi connectivity index (χ0) is 21.8. The van der Waals surface area contributed by atoms with E-state index in [9.17, 15) is 26.7 Å². The summed E-state index contributed by atoms with van der Waals surface area (Å²) in [7, 11) is 0. The minimum Gasteiger partial charge on any atom is -0.311 e. The third-order valence-corrected chi connectivity index (χ3v) is 4.86. The first-order valence-corrected chi connectivity index (χ1v) is 9.04. The Morgan fingerprint density at radius 2 is 1.97 bits per heavy atom. The summed E-state index contributed by atoms with van der Waals surface area (Å²) >= 11 is 0. The molecule has 3 aromatic heterocycles. The quantitative estimate of drug-likeness (QED) is 0.623. The number of anilines is 1. The lowest BCUT2D eigenvalue weighted by molar-refractivity contribution is -0.148. The maximum absolute atomic E-state index is 13.7. The van der Waals surface area contributed by atoms with Gasteiger partial charge in [-0.05, 0) is 18.6 Å². The van der Waals surface area contributed by atoms with Crippen LogP contribution in [0, 0.1) is 5.92 Å². The highest BCUT2D eigenvalue weighted by Gasteiger charge is 2.57. The molecule has 0 aliphatic heterocycles. The summed E-state index contributed by atoms with van der Waals surface area (Å²) in [5, 5.41) is 7.12. The molecule has 1 N–H and O–H groups in total. The largest absolute Gasteiger partial charge is 0.392 e. The van der Waals surface area contributed by atoms with E-state index in [0.29, 0.717) is 17.8 Å². The minimum atomic E-state index is -4.35. The molecular formula is C19H16F5N5O. The summed E-state index contributed by atoms with van der Waals surface area (Å²) < 4.78 is 68.0. The molecule has 11 heteroatoms. The van der Waals surface area contributed by atoms with Crippen molar-refractivity contribution in [1.82, 2.24) is 19.7 Å². The Balaban J connectivity index is 1.87. The normalized spacial score (nSPS) is 19.2. The Morgan fingerprint density at radius 1 is 1.23 bits per heavy atom. The Hall–Kier alpha value is -3.11. The Morgan fingerprint density at radius 3 is 2.57 bits per heavy atom.